The third-order valence-corrected chi connectivity index (χ3v) is 5.82. The van der Waals surface area contributed by atoms with Crippen LogP contribution in [0, 0.1) is 6.92 Å². The van der Waals surface area contributed by atoms with E-state index in [0.717, 1.165) is 22.0 Å². The predicted octanol–water partition coefficient (Wildman–Crippen LogP) is 3.60. The van der Waals surface area contributed by atoms with Gasteiger partial charge in [-0.1, -0.05) is 24.3 Å². The number of hydrogen-bond donors (Lipinski definition) is 2. The number of amides is 1. The molecule has 7 heteroatoms. The monoisotopic (exact) mass is 437 g/mol. The molecule has 0 atom stereocenters. The molecule has 0 bridgehead atoms. The van der Waals surface area contributed by atoms with Crippen LogP contribution in [0.1, 0.15) is 27.2 Å². The van der Waals surface area contributed by atoms with E-state index in [0.29, 0.717) is 41.7 Å². The summed E-state index contributed by atoms with van der Waals surface area (Å²) in [6, 6.07) is 15.3. The zero-order chi connectivity index (χ0) is 22.8. The van der Waals surface area contributed by atoms with Crippen LogP contribution in [-0.4, -0.2) is 32.0 Å². The quantitative estimate of drug-likeness (QED) is 0.425. The summed E-state index contributed by atoms with van der Waals surface area (Å²) < 4.78 is 1.61. The number of carbonyl (C=O) groups excluding carboxylic acids is 1. The third kappa shape index (κ3) is 4.13. The molecule has 4 heterocycles. The lowest BCUT2D eigenvalue weighted by Gasteiger charge is -2.11. The minimum absolute atomic E-state index is 0.184. The summed E-state index contributed by atoms with van der Waals surface area (Å²) in [5.74, 6) is -0.233. The van der Waals surface area contributed by atoms with Crippen LogP contribution in [0.15, 0.2) is 78.1 Å². The summed E-state index contributed by atoms with van der Waals surface area (Å²) in [4.78, 5) is 37.9. The van der Waals surface area contributed by atoms with Crippen LogP contribution in [0.2, 0.25) is 0 Å². The molecule has 0 aliphatic carbocycles. The van der Waals surface area contributed by atoms with Gasteiger partial charge in [-0.05, 0) is 48.7 Å². The van der Waals surface area contributed by atoms with Crippen LogP contribution in [0.3, 0.4) is 0 Å². The topological polar surface area (TPSA) is 92.7 Å². The summed E-state index contributed by atoms with van der Waals surface area (Å²) >= 11 is 0. The van der Waals surface area contributed by atoms with Crippen molar-refractivity contribution in [2.75, 3.05) is 6.54 Å². The van der Waals surface area contributed by atoms with Crippen LogP contribution in [0.5, 0.6) is 0 Å². The first-order valence-corrected chi connectivity index (χ1v) is 10.8. The molecule has 4 aromatic heterocycles. The van der Waals surface area contributed by atoms with E-state index in [-0.39, 0.29) is 11.5 Å². The number of aryl methyl sites for hydroxylation is 1. The normalized spacial score (nSPS) is 11.2. The Hall–Kier alpha value is -4.26. The van der Waals surface area contributed by atoms with Gasteiger partial charge in [0.1, 0.15) is 0 Å². The number of nitrogens with one attached hydrogen (secondary N) is 2. The number of hydrogen-bond acceptors (Lipinski definition) is 4. The number of nitrogens with zero attached hydrogens (tertiary/aromatic N) is 3. The second-order valence-electron chi connectivity index (χ2n) is 8.03. The Morgan fingerprint density at radius 3 is 2.85 bits per heavy atom. The van der Waals surface area contributed by atoms with E-state index in [9.17, 15) is 9.59 Å². The largest absolute Gasteiger partial charge is 0.361 e. The summed E-state index contributed by atoms with van der Waals surface area (Å²) in [5, 5.41) is 4.55. The van der Waals surface area contributed by atoms with Gasteiger partial charge in [0.25, 0.3) is 11.5 Å². The molecule has 33 heavy (non-hydrogen) atoms. The van der Waals surface area contributed by atoms with Crippen LogP contribution < -0.4 is 10.9 Å². The number of benzene rings is 1. The van der Waals surface area contributed by atoms with Crippen molar-refractivity contribution in [3.63, 3.8) is 0 Å². The van der Waals surface area contributed by atoms with Gasteiger partial charge in [0, 0.05) is 42.2 Å². The van der Waals surface area contributed by atoms with Gasteiger partial charge in [0.05, 0.1) is 28.7 Å². The van der Waals surface area contributed by atoms with E-state index >= 15 is 0 Å². The second-order valence-corrected chi connectivity index (χ2v) is 8.03. The van der Waals surface area contributed by atoms with Gasteiger partial charge in [-0.2, -0.15) is 0 Å². The molecule has 0 fully saturated rings. The van der Waals surface area contributed by atoms with E-state index in [1.807, 2.05) is 36.5 Å². The maximum atomic E-state index is 13.1. The number of fused-ring (bicyclic) bond motifs is 2. The number of carbonyl (C=O) groups is 1. The lowest BCUT2D eigenvalue weighted by Crippen LogP contribution is -2.27. The lowest BCUT2D eigenvalue weighted by molar-refractivity contribution is 0.0953. The zero-order valence-corrected chi connectivity index (χ0v) is 18.2. The number of pyridine rings is 3. The number of rotatable bonds is 6. The molecule has 0 spiro atoms. The molecule has 0 aliphatic rings. The molecule has 5 rings (SSSR count). The number of para-hydroxylation sites is 1. The first-order valence-electron chi connectivity index (χ1n) is 10.8. The molecular formula is C26H23N5O2. The van der Waals surface area contributed by atoms with Gasteiger partial charge in [-0.3, -0.25) is 19.6 Å². The van der Waals surface area contributed by atoms with Gasteiger partial charge in [-0.15, -0.1) is 0 Å². The van der Waals surface area contributed by atoms with E-state index in [2.05, 4.69) is 26.3 Å². The van der Waals surface area contributed by atoms with Crippen molar-refractivity contribution >= 4 is 27.7 Å². The highest BCUT2D eigenvalue weighted by Gasteiger charge is 2.14. The van der Waals surface area contributed by atoms with Crippen LogP contribution in [-0.2, 0) is 13.0 Å². The highest BCUT2D eigenvalue weighted by atomic mass is 16.1. The Morgan fingerprint density at radius 2 is 2.00 bits per heavy atom. The third-order valence-electron chi connectivity index (χ3n) is 5.82. The Balaban J connectivity index is 1.36. The van der Waals surface area contributed by atoms with Crippen LogP contribution in [0.25, 0.3) is 21.8 Å². The average molecular weight is 438 g/mol. The van der Waals surface area contributed by atoms with Crippen molar-refractivity contribution in [2.24, 2.45) is 0 Å². The molecule has 5 aromatic rings. The molecular weight excluding hydrogens is 414 g/mol. The van der Waals surface area contributed by atoms with Crippen molar-refractivity contribution < 1.29 is 4.79 Å². The minimum atomic E-state index is -0.233. The van der Waals surface area contributed by atoms with Crippen molar-refractivity contribution in [3.8, 4) is 0 Å². The molecule has 7 nitrogen and oxygen atoms in total. The van der Waals surface area contributed by atoms with E-state index in [1.165, 1.54) is 0 Å². The molecule has 1 amide bonds. The summed E-state index contributed by atoms with van der Waals surface area (Å²) in [6.07, 6.45) is 7.84. The van der Waals surface area contributed by atoms with Crippen molar-refractivity contribution in [1.82, 2.24) is 24.8 Å². The highest BCUT2D eigenvalue weighted by molar-refractivity contribution is 5.98. The maximum Gasteiger partial charge on any atom is 0.260 e. The maximum absolute atomic E-state index is 13.1. The first-order chi connectivity index (χ1) is 16.1. The molecule has 164 valence electrons. The lowest BCUT2D eigenvalue weighted by atomic mass is 10.1. The van der Waals surface area contributed by atoms with Gasteiger partial charge in [0.15, 0.2) is 0 Å². The smallest absolute Gasteiger partial charge is 0.260 e. The molecule has 0 aliphatic heterocycles. The number of aromatic nitrogens is 4. The molecule has 2 N–H and O–H groups in total. The van der Waals surface area contributed by atoms with Gasteiger partial charge >= 0.3 is 0 Å². The van der Waals surface area contributed by atoms with E-state index in [1.54, 1.807) is 42.2 Å². The fraction of sp³-hybridized carbons (Fsp3) is 0.154. The Kier molecular flexibility index (Phi) is 5.44. The second kappa shape index (κ2) is 8.70. The predicted molar refractivity (Wildman–Crippen MR) is 128 cm³/mol. The Bertz CT molecular complexity index is 1520. The van der Waals surface area contributed by atoms with Gasteiger partial charge in [0.2, 0.25) is 0 Å². The van der Waals surface area contributed by atoms with Gasteiger partial charge in [-0.25, -0.2) is 0 Å². The highest BCUT2D eigenvalue weighted by Crippen LogP contribution is 2.18. The van der Waals surface area contributed by atoms with Crippen molar-refractivity contribution in [3.05, 3.63) is 106 Å². The van der Waals surface area contributed by atoms with E-state index in [4.69, 9.17) is 0 Å². The molecule has 0 unspecified atom stereocenters. The van der Waals surface area contributed by atoms with Crippen molar-refractivity contribution in [2.45, 2.75) is 19.9 Å². The van der Waals surface area contributed by atoms with Crippen molar-refractivity contribution in [1.29, 1.82) is 0 Å². The standard InChI is InChI=1S/C26H23N5O2/c1-17-21(25(32)28-11-8-19-15-29-23-7-3-2-6-20(19)23)13-22-24(30-17)9-12-31(26(22)33)16-18-5-4-10-27-14-18/h2-7,9-10,12-15,29H,8,11,16H2,1H3,(H,28,32). The zero-order valence-electron chi connectivity index (χ0n) is 18.2. The van der Waals surface area contributed by atoms with Crippen LogP contribution >= 0.6 is 0 Å². The number of aromatic amines is 1. The molecule has 0 saturated heterocycles. The number of H-pyrrole nitrogens is 1. The van der Waals surface area contributed by atoms with E-state index < -0.39 is 0 Å². The Morgan fingerprint density at radius 1 is 1.12 bits per heavy atom. The Labute approximate surface area is 190 Å². The SMILES string of the molecule is Cc1nc2ccn(Cc3cccnc3)c(=O)c2cc1C(=O)NCCc1c[nH]c2ccccc12. The summed E-state index contributed by atoms with van der Waals surface area (Å²) in [5.41, 5.74) is 4.56. The van der Waals surface area contributed by atoms with Crippen LogP contribution in [0.4, 0.5) is 0 Å². The first kappa shape index (κ1) is 20.6. The average Bonchev–Trinajstić information content (AvgIpc) is 3.24. The fourth-order valence-electron chi connectivity index (χ4n) is 4.09. The molecule has 0 saturated carbocycles. The molecule has 1 aromatic carbocycles. The van der Waals surface area contributed by atoms with Gasteiger partial charge < -0.3 is 14.9 Å². The summed E-state index contributed by atoms with van der Waals surface area (Å²) in [6.45, 7) is 2.68. The molecule has 0 radical (unpaired) electrons. The fourth-order valence-corrected chi connectivity index (χ4v) is 4.09. The minimum Gasteiger partial charge on any atom is -0.361 e. The summed E-state index contributed by atoms with van der Waals surface area (Å²) in [7, 11) is 0.